The van der Waals surface area contributed by atoms with Crippen LogP contribution in [0.3, 0.4) is 0 Å². The van der Waals surface area contributed by atoms with Gasteiger partial charge in [-0.05, 0) is 31.8 Å². The fraction of sp³-hybridized carbons (Fsp3) is 0.786. The maximum absolute atomic E-state index is 4.44. The van der Waals surface area contributed by atoms with Crippen molar-refractivity contribution in [3.8, 4) is 0 Å². The predicted molar refractivity (Wildman–Crippen MR) is 71.2 cm³/mol. The van der Waals surface area contributed by atoms with E-state index in [9.17, 15) is 0 Å². The molecule has 0 bridgehead atoms. The second-order valence-electron chi connectivity index (χ2n) is 5.66. The van der Waals surface area contributed by atoms with Crippen LogP contribution in [0.15, 0.2) is 12.4 Å². The van der Waals surface area contributed by atoms with Gasteiger partial charge in [-0.2, -0.15) is 0 Å². The van der Waals surface area contributed by atoms with Crippen molar-refractivity contribution in [1.82, 2.24) is 14.5 Å². The topological polar surface area (TPSA) is 21.1 Å². The van der Waals surface area contributed by atoms with Gasteiger partial charge in [-0.25, -0.2) is 4.98 Å². The standard InChI is InChI=1S/C14H25N3/c1-12(2)14-15-6-9-17(14)11-10-16-7-4-13(3)5-8-16/h6,9,12-13H,4-5,7-8,10-11H2,1-3H3. The van der Waals surface area contributed by atoms with Crippen LogP contribution in [-0.2, 0) is 6.54 Å². The van der Waals surface area contributed by atoms with Gasteiger partial charge < -0.3 is 9.47 Å². The van der Waals surface area contributed by atoms with E-state index in [4.69, 9.17) is 0 Å². The van der Waals surface area contributed by atoms with E-state index in [0.29, 0.717) is 5.92 Å². The van der Waals surface area contributed by atoms with Crippen LogP contribution in [0.4, 0.5) is 0 Å². The van der Waals surface area contributed by atoms with Crippen LogP contribution in [0.25, 0.3) is 0 Å². The van der Waals surface area contributed by atoms with E-state index < -0.39 is 0 Å². The molecule has 1 aliphatic heterocycles. The second kappa shape index (κ2) is 5.67. The van der Waals surface area contributed by atoms with Crippen molar-refractivity contribution in [2.75, 3.05) is 19.6 Å². The number of likely N-dealkylation sites (tertiary alicyclic amines) is 1. The number of piperidine rings is 1. The van der Waals surface area contributed by atoms with Crippen molar-refractivity contribution in [3.05, 3.63) is 18.2 Å². The second-order valence-corrected chi connectivity index (χ2v) is 5.66. The van der Waals surface area contributed by atoms with Gasteiger partial charge in [-0.1, -0.05) is 20.8 Å². The van der Waals surface area contributed by atoms with E-state index in [-0.39, 0.29) is 0 Å². The van der Waals surface area contributed by atoms with Crippen molar-refractivity contribution in [1.29, 1.82) is 0 Å². The Bertz CT molecular complexity index is 335. The molecule has 0 radical (unpaired) electrons. The number of rotatable bonds is 4. The summed E-state index contributed by atoms with van der Waals surface area (Å²) < 4.78 is 2.31. The average Bonchev–Trinajstić information content (AvgIpc) is 2.76. The molecule has 2 heterocycles. The Morgan fingerprint density at radius 3 is 2.65 bits per heavy atom. The summed E-state index contributed by atoms with van der Waals surface area (Å²) in [4.78, 5) is 7.02. The molecule has 1 fully saturated rings. The van der Waals surface area contributed by atoms with Crippen molar-refractivity contribution in [2.24, 2.45) is 5.92 Å². The first-order valence-electron chi connectivity index (χ1n) is 6.90. The lowest BCUT2D eigenvalue weighted by molar-refractivity contribution is 0.186. The predicted octanol–water partition coefficient (Wildman–Crippen LogP) is 2.74. The molecule has 1 aliphatic rings. The van der Waals surface area contributed by atoms with E-state index in [0.717, 1.165) is 12.5 Å². The zero-order valence-corrected chi connectivity index (χ0v) is 11.4. The zero-order valence-electron chi connectivity index (χ0n) is 11.4. The van der Waals surface area contributed by atoms with Crippen molar-refractivity contribution in [2.45, 2.75) is 46.1 Å². The van der Waals surface area contributed by atoms with Gasteiger partial charge in [0.05, 0.1) is 0 Å². The van der Waals surface area contributed by atoms with Gasteiger partial charge in [0.1, 0.15) is 5.82 Å². The Labute approximate surface area is 105 Å². The molecule has 0 atom stereocenters. The summed E-state index contributed by atoms with van der Waals surface area (Å²) in [6.45, 7) is 11.6. The van der Waals surface area contributed by atoms with Gasteiger partial charge in [0.15, 0.2) is 0 Å². The molecule has 0 aliphatic carbocycles. The van der Waals surface area contributed by atoms with Crippen molar-refractivity contribution < 1.29 is 0 Å². The van der Waals surface area contributed by atoms with Gasteiger partial charge >= 0.3 is 0 Å². The molecule has 0 N–H and O–H groups in total. The highest BCUT2D eigenvalue weighted by molar-refractivity contribution is 4.97. The quantitative estimate of drug-likeness (QED) is 0.800. The summed E-state index contributed by atoms with van der Waals surface area (Å²) in [5, 5.41) is 0. The fourth-order valence-electron chi connectivity index (χ4n) is 2.55. The molecule has 2 rings (SSSR count). The van der Waals surface area contributed by atoms with Crippen LogP contribution >= 0.6 is 0 Å². The smallest absolute Gasteiger partial charge is 0.111 e. The Hall–Kier alpha value is -0.830. The Balaban J connectivity index is 1.83. The van der Waals surface area contributed by atoms with Crippen LogP contribution in [-0.4, -0.2) is 34.1 Å². The van der Waals surface area contributed by atoms with E-state index in [2.05, 4.69) is 41.4 Å². The molecule has 0 unspecified atom stereocenters. The molecule has 0 spiro atoms. The molecule has 1 aromatic rings. The Morgan fingerprint density at radius 2 is 2.00 bits per heavy atom. The minimum absolute atomic E-state index is 0.520. The third-order valence-corrected chi connectivity index (χ3v) is 3.80. The maximum Gasteiger partial charge on any atom is 0.111 e. The van der Waals surface area contributed by atoms with Crippen LogP contribution in [0.2, 0.25) is 0 Å². The molecule has 0 amide bonds. The molecule has 3 nitrogen and oxygen atoms in total. The molecule has 96 valence electrons. The molecule has 0 saturated carbocycles. The minimum atomic E-state index is 0.520. The van der Waals surface area contributed by atoms with E-state index in [1.807, 2.05) is 6.20 Å². The van der Waals surface area contributed by atoms with Crippen molar-refractivity contribution in [3.63, 3.8) is 0 Å². The number of aromatic nitrogens is 2. The molecular weight excluding hydrogens is 210 g/mol. The number of imidazole rings is 1. The number of hydrogen-bond acceptors (Lipinski definition) is 2. The van der Waals surface area contributed by atoms with Crippen molar-refractivity contribution >= 4 is 0 Å². The van der Waals surface area contributed by atoms with Gasteiger partial charge in [-0.3, -0.25) is 0 Å². The van der Waals surface area contributed by atoms with E-state index >= 15 is 0 Å². The first kappa shape index (κ1) is 12.6. The lowest BCUT2D eigenvalue weighted by Crippen LogP contribution is -2.35. The molecule has 1 aromatic heterocycles. The monoisotopic (exact) mass is 235 g/mol. The summed E-state index contributed by atoms with van der Waals surface area (Å²) in [7, 11) is 0. The summed E-state index contributed by atoms with van der Waals surface area (Å²) in [5.41, 5.74) is 0. The normalized spacial score (nSPS) is 19.1. The van der Waals surface area contributed by atoms with Crippen LogP contribution in [0, 0.1) is 5.92 Å². The highest BCUT2D eigenvalue weighted by atomic mass is 15.2. The minimum Gasteiger partial charge on any atom is -0.333 e. The lowest BCUT2D eigenvalue weighted by atomic mass is 9.99. The van der Waals surface area contributed by atoms with Gasteiger partial charge in [0.25, 0.3) is 0 Å². The first-order valence-corrected chi connectivity index (χ1v) is 6.90. The van der Waals surface area contributed by atoms with Gasteiger partial charge in [0, 0.05) is 31.4 Å². The first-order chi connectivity index (χ1) is 8.16. The summed E-state index contributed by atoms with van der Waals surface area (Å²) >= 11 is 0. The summed E-state index contributed by atoms with van der Waals surface area (Å²) in [6, 6.07) is 0. The highest BCUT2D eigenvalue weighted by Crippen LogP contribution is 2.16. The number of hydrogen-bond donors (Lipinski definition) is 0. The van der Waals surface area contributed by atoms with Crippen LogP contribution in [0.5, 0.6) is 0 Å². The highest BCUT2D eigenvalue weighted by Gasteiger charge is 2.15. The SMILES string of the molecule is CC1CCN(CCn2ccnc2C(C)C)CC1. The zero-order chi connectivity index (χ0) is 12.3. The van der Waals surface area contributed by atoms with E-state index in [1.54, 1.807) is 0 Å². The maximum atomic E-state index is 4.44. The average molecular weight is 235 g/mol. The Morgan fingerprint density at radius 1 is 1.29 bits per heavy atom. The van der Waals surface area contributed by atoms with Crippen LogP contribution < -0.4 is 0 Å². The summed E-state index contributed by atoms with van der Waals surface area (Å²) in [6.07, 6.45) is 6.76. The number of nitrogens with zero attached hydrogens (tertiary/aromatic N) is 3. The molecule has 1 saturated heterocycles. The largest absolute Gasteiger partial charge is 0.333 e. The van der Waals surface area contributed by atoms with Gasteiger partial charge in [-0.15, -0.1) is 0 Å². The van der Waals surface area contributed by atoms with Gasteiger partial charge in [0.2, 0.25) is 0 Å². The summed E-state index contributed by atoms with van der Waals surface area (Å²) in [5.74, 6) is 2.66. The molecule has 0 aromatic carbocycles. The lowest BCUT2D eigenvalue weighted by Gasteiger charge is -2.30. The fourth-order valence-corrected chi connectivity index (χ4v) is 2.55. The molecular formula is C14H25N3. The molecule has 3 heteroatoms. The Kier molecular flexibility index (Phi) is 4.21. The molecule has 17 heavy (non-hydrogen) atoms. The van der Waals surface area contributed by atoms with Crippen LogP contribution in [0.1, 0.15) is 45.4 Å². The third-order valence-electron chi connectivity index (χ3n) is 3.80. The van der Waals surface area contributed by atoms with E-state index in [1.165, 1.54) is 38.3 Å². The third kappa shape index (κ3) is 3.32.